The fourth-order valence-electron chi connectivity index (χ4n) is 2.32. The Hall–Kier alpha value is -2.52. The standard InChI is InChI=1S/C16H13N2O5S2/c1-3-23-15(20)13-9(2)17-14(19)12(24-16(17)25-13)8-10-4-6-11(7-5-10)18(21)22/h4-8H,3H2,1-2H3/q+1/b12-8-. The van der Waals surface area contributed by atoms with Crippen molar-refractivity contribution in [2.24, 2.45) is 0 Å². The molecule has 0 aliphatic carbocycles. The first-order valence-corrected chi connectivity index (χ1v) is 8.97. The van der Waals surface area contributed by atoms with E-state index >= 15 is 0 Å². The Balaban J connectivity index is 1.88. The van der Waals surface area contributed by atoms with E-state index in [9.17, 15) is 19.7 Å². The largest absolute Gasteiger partial charge is 0.462 e. The van der Waals surface area contributed by atoms with Crippen LogP contribution in [-0.4, -0.2) is 23.4 Å². The van der Waals surface area contributed by atoms with Crippen molar-refractivity contribution in [2.45, 2.75) is 18.2 Å². The molecule has 0 amide bonds. The van der Waals surface area contributed by atoms with Crippen molar-refractivity contribution in [3.63, 3.8) is 0 Å². The van der Waals surface area contributed by atoms with Crippen LogP contribution in [0.2, 0.25) is 0 Å². The topological polar surface area (TPSA) is 90.4 Å². The van der Waals surface area contributed by atoms with E-state index in [0.717, 1.165) is 0 Å². The summed E-state index contributed by atoms with van der Waals surface area (Å²) in [5.74, 6) is -0.649. The Morgan fingerprint density at radius 1 is 1.36 bits per heavy atom. The summed E-state index contributed by atoms with van der Waals surface area (Å²) in [4.78, 5) is 35.7. The van der Waals surface area contributed by atoms with Crippen molar-refractivity contribution in [3.8, 4) is 0 Å². The molecular weight excluding hydrogens is 364 g/mol. The van der Waals surface area contributed by atoms with Crippen molar-refractivity contribution in [1.82, 2.24) is 0 Å². The molecule has 1 aromatic heterocycles. The number of hydrogen-bond acceptors (Lipinski definition) is 7. The van der Waals surface area contributed by atoms with Gasteiger partial charge in [-0.05, 0) is 42.0 Å². The van der Waals surface area contributed by atoms with Crippen molar-refractivity contribution in [3.05, 3.63) is 55.4 Å². The molecule has 0 bridgehead atoms. The average molecular weight is 377 g/mol. The highest BCUT2D eigenvalue weighted by Crippen LogP contribution is 2.38. The summed E-state index contributed by atoms with van der Waals surface area (Å²) in [6.07, 6.45) is 1.68. The zero-order valence-electron chi connectivity index (χ0n) is 13.3. The van der Waals surface area contributed by atoms with Gasteiger partial charge in [-0.15, -0.1) is 4.57 Å². The smallest absolute Gasteiger partial charge is 0.433 e. The Morgan fingerprint density at radius 2 is 2.04 bits per heavy atom. The number of ether oxygens (including phenoxy) is 1. The quantitative estimate of drug-likeness (QED) is 0.267. The van der Waals surface area contributed by atoms with E-state index in [0.29, 0.717) is 25.4 Å². The Kier molecular flexibility index (Phi) is 4.69. The molecule has 0 N–H and O–H groups in total. The van der Waals surface area contributed by atoms with Crippen molar-refractivity contribution in [1.29, 1.82) is 0 Å². The number of rotatable bonds is 4. The van der Waals surface area contributed by atoms with Crippen molar-refractivity contribution >= 4 is 46.7 Å². The van der Waals surface area contributed by atoms with E-state index in [-0.39, 0.29) is 18.2 Å². The molecule has 0 atom stereocenters. The number of nitro benzene ring substituents is 1. The van der Waals surface area contributed by atoms with Crippen LogP contribution in [0.1, 0.15) is 32.6 Å². The second-order valence-electron chi connectivity index (χ2n) is 5.10. The normalized spacial score (nSPS) is 14.6. The van der Waals surface area contributed by atoms with Gasteiger partial charge in [0.25, 0.3) is 5.69 Å². The first-order valence-electron chi connectivity index (χ1n) is 7.33. The summed E-state index contributed by atoms with van der Waals surface area (Å²) in [6, 6.07) is 5.97. The van der Waals surface area contributed by atoms with Crippen LogP contribution < -0.4 is 4.57 Å². The number of carbonyl (C=O) groups excluding carboxylic acids is 2. The monoisotopic (exact) mass is 377 g/mol. The van der Waals surface area contributed by atoms with Gasteiger partial charge in [0.05, 0.1) is 11.5 Å². The number of nitrogens with zero attached hydrogens (tertiary/aromatic N) is 2. The Labute approximate surface area is 151 Å². The number of allylic oxidation sites excluding steroid dienone is 1. The van der Waals surface area contributed by atoms with E-state index in [4.69, 9.17) is 4.74 Å². The van der Waals surface area contributed by atoms with Crippen LogP contribution in [0.25, 0.3) is 6.08 Å². The molecule has 0 saturated carbocycles. The van der Waals surface area contributed by atoms with Crippen LogP contribution in [0.3, 0.4) is 0 Å². The number of carbonyl (C=O) groups is 2. The summed E-state index contributed by atoms with van der Waals surface area (Å²) in [6.45, 7) is 3.71. The second kappa shape index (κ2) is 6.77. The first-order chi connectivity index (χ1) is 11.9. The van der Waals surface area contributed by atoms with Gasteiger partial charge < -0.3 is 4.74 Å². The maximum Gasteiger partial charge on any atom is 0.433 e. The molecule has 25 heavy (non-hydrogen) atoms. The summed E-state index contributed by atoms with van der Waals surface area (Å²) in [5.41, 5.74) is 1.25. The Bertz CT molecular complexity index is 915. The average Bonchev–Trinajstić information content (AvgIpc) is 3.06. The number of thiazole rings is 1. The number of non-ortho nitro benzene ring substituents is 1. The minimum Gasteiger partial charge on any atom is -0.462 e. The summed E-state index contributed by atoms with van der Waals surface area (Å²) in [7, 11) is 0. The van der Waals surface area contributed by atoms with Gasteiger partial charge in [0.2, 0.25) is 5.69 Å². The highest BCUT2D eigenvalue weighted by atomic mass is 32.2. The van der Waals surface area contributed by atoms with Gasteiger partial charge in [-0.1, -0.05) is 0 Å². The predicted molar refractivity (Wildman–Crippen MR) is 92.8 cm³/mol. The van der Waals surface area contributed by atoms with Crippen LogP contribution in [0.4, 0.5) is 5.69 Å². The van der Waals surface area contributed by atoms with Gasteiger partial charge in [-0.3, -0.25) is 10.1 Å². The zero-order chi connectivity index (χ0) is 18.1. The maximum absolute atomic E-state index is 12.6. The number of fused-ring (bicyclic) bond motifs is 1. The number of esters is 1. The van der Waals surface area contributed by atoms with Crippen LogP contribution in [0, 0.1) is 17.0 Å². The molecular formula is C16H13N2O5S2+. The molecule has 9 heteroatoms. The second-order valence-corrected chi connectivity index (χ2v) is 7.39. The van der Waals surface area contributed by atoms with Gasteiger partial charge in [-0.25, -0.2) is 9.59 Å². The third-order valence-corrected chi connectivity index (χ3v) is 5.90. The molecule has 7 nitrogen and oxygen atoms in total. The van der Waals surface area contributed by atoms with Gasteiger partial charge in [0, 0.05) is 30.8 Å². The lowest BCUT2D eigenvalue weighted by atomic mass is 10.2. The van der Waals surface area contributed by atoms with E-state index < -0.39 is 10.9 Å². The van der Waals surface area contributed by atoms with Crippen LogP contribution in [0.5, 0.6) is 0 Å². The number of thioether (sulfide) groups is 1. The summed E-state index contributed by atoms with van der Waals surface area (Å²) >= 11 is 2.49. The van der Waals surface area contributed by atoms with E-state index in [1.54, 1.807) is 32.1 Å². The highest BCUT2D eigenvalue weighted by Gasteiger charge is 2.42. The molecule has 0 fully saturated rings. The number of benzene rings is 1. The Morgan fingerprint density at radius 3 is 2.60 bits per heavy atom. The third-order valence-electron chi connectivity index (χ3n) is 3.51. The van der Waals surface area contributed by atoms with E-state index in [1.807, 2.05) is 0 Å². The van der Waals surface area contributed by atoms with E-state index in [1.165, 1.54) is 39.8 Å². The van der Waals surface area contributed by atoms with Crippen molar-refractivity contribution < 1.29 is 23.8 Å². The fraction of sp³-hybridized carbons (Fsp3) is 0.188. The van der Waals surface area contributed by atoms with Crippen molar-refractivity contribution in [2.75, 3.05) is 6.61 Å². The van der Waals surface area contributed by atoms with Crippen LogP contribution in [0.15, 0.2) is 33.5 Å². The molecule has 2 aromatic rings. The molecule has 0 unspecified atom stereocenters. The molecule has 1 aromatic carbocycles. The lowest BCUT2D eigenvalue weighted by Gasteiger charge is -1.97. The zero-order valence-corrected chi connectivity index (χ0v) is 15.0. The summed E-state index contributed by atoms with van der Waals surface area (Å²) in [5, 5.41) is 10.7. The first kappa shape index (κ1) is 17.3. The summed E-state index contributed by atoms with van der Waals surface area (Å²) < 4.78 is 7.19. The minimum absolute atomic E-state index is 0.00374. The lowest BCUT2D eigenvalue weighted by molar-refractivity contribution is -0.606. The predicted octanol–water partition coefficient (Wildman–Crippen LogP) is 3.22. The molecule has 1 aliphatic heterocycles. The van der Waals surface area contributed by atoms with Gasteiger partial charge in [-0.2, -0.15) is 0 Å². The van der Waals surface area contributed by atoms with Crippen LogP contribution in [-0.2, 0) is 4.74 Å². The number of aromatic nitrogens is 1. The molecule has 2 heterocycles. The van der Waals surface area contributed by atoms with Gasteiger partial charge in [0.15, 0.2) is 4.88 Å². The van der Waals surface area contributed by atoms with E-state index in [2.05, 4.69) is 0 Å². The fourth-order valence-corrected chi connectivity index (χ4v) is 4.74. The SMILES string of the molecule is CCOC(=O)c1sc2[n+](c1C)C(=O)/C(=C/c1ccc([N+](=O)[O-])cc1)S2. The number of hydrogen-bond donors (Lipinski definition) is 0. The molecule has 3 rings (SSSR count). The van der Waals surface area contributed by atoms with Gasteiger partial charge in [0.1, 0.15) is 4.91 Å². The van der Waals surface area contributed by atoms with Crippen LogP contribution >= 0.6 is 23.1 Å². The lowest BCUT2D eigenvalue weighted by Crippen LogP contribution is -2.41. The molecule has 128 valence electrons. The molecule has 1 aliphatic rings. The number of nitro groups is 1. The molecule has 0 radical (unpaired) electrons. The maximum atomic E-state index is 12.6. The third kappa shape index (κ3) is 3.20. The molecule has 0 spiro atoms. The minimum atomic E-state index is -0.472. The van der Waals surface area contributed by atoms with Gasteiger partial charge >= 0.3 is 16.2 Å². The molecule has 0 saturated heterocycles. The highest BCUT2D eigenvalue weighted by molar-refractivity contribution is 8.05.